The highest BCUT2D eigenvalue weighted by Crippen LogP contribution is 2.31. The molecule has 2 aliphatic rings. The van der Waals surface area contributed by atoms with Crippen molar-refractivity contribution in [1.82, 2.24) is 10.2 Å². The molecule has 0 spiro atoms. The summed E-state index contributed by atoms with van der Waals surface area (Å²) in [6.07, 6.45) is 6.22. The van der Waals surface area contributed by atoms with Crippen LogP contribution in [0.3, 0.4) is 0 Å². The fourth-order valence-electron chi connectivity index (χ4n) is 2.98. The Hall–Kier alpha value is -1.26. The standard InChI is InChI=1S/C14H24N2O3/c1-14(7-3-8-14)15-13(19)16-9-2-4-11(10-16)5-6-12(17)18/h11H,2-10H2,1H3,(H,15,19)(H,17,18). The Morgan fingerprint density at radius 2 is 2.11 bits per heavy atom. The van der Waals surface area contributed by atoms with E-state index in [0.29, 0.717) is 18.9 Å². The second kappa shape index (κ2) is 5.80. The summed E-state index contributed by atoms with van der Waals surface area (Å²) in [5.74, 6) is -0.409. The van der Waals surface area contributed by atoms with Crippen LogP contribution in [-0.2, 0) is 4.79 Å². The molecular formula is C14H24N2O3. The van der Waals surface area contributed by atoms with Crippen molar-refractivity contribution >= 4 is 12.0 Å². The Morgan fingerprint density at radius 1 is 1.37 bits per heavy atom. The van der Waals surface area contributed by atoms with Crippen LogP contribution in [0.4, 0.5) is 4.79 Å². The molecule has 2 amide bonds. The zero-order chi connectivity index (χ0) is 13.9. The molecule has 5 nitrogen and oxygen atoms in total. The molecule has 1 saturated heterocycles. The van der Waals surface area contributed by atoms with Gasteiger partial charge in [0.2, 0.25) is 0 Å². The van der Waals surface area contributed by atoms with Gasteiger partial charge in [0.1, 0.15) is 0 Å². The van der Waals surface area contributed by atoms with Crippen molar-refractivity contribution in [1.29, 1.82) is 0 Å². The average Bonchev–Trinajstić information content (AvgIpc) is 2.35. The van der Waals surface area contributed by atoms with Crippen LogP contribution in [0.1, 0.15) is 51.9 Å². The van der Waals surface area contributed by atoms with E-state index in [0.717, 1.165) is 32.2 Å². The van der Waals surface area contributed by atoms with Gasteiger partial charge >= 0.3 is 12.0 Å². The molecule has 0 aromatic carbocycles. The Balaban J connectivity index is 1.79. The number of carbonyl (C=O) groups excluding carboxylic acids is 1. The number of carboxylic acid groups (broad SMARTS) is 1. The predicted molar refractivity (Wildman–Crippen MR) is 72.0 cm³/mol. The normalized spacial score (nSPS) is 25.5. The van der Waals surface area contributed by atoms with Gasteiger partial charge in [-0.15, -0.1) is 0 Å². The first-order valence-electron chi connectivity index (χ1n) is 7.27. The lowest BCUT2D eigenvalue weighted by atomic mass is 9.79. The molecule has 1 saturated carbocycles. The summed E-state index contributed by atoms with van der Waals surface area (Å²) in [5, 5.41) is 11.8. The Morgan fingerprint density at radius 3 is 2.68 bits per heavy atom. The van der Waals surface area contributed by atoms with Gasteiger partial charge in [-0.05, 0) is 51.4 Å². The summed E-state index contributed by atoms with van der Waals surface area (Å²) >= 11 is 0. The molecule has 2 rings (SSSR count). The second-order valence-electron chi connectivity index (χ2n) is 6.23. The van der Waals surface area contributed by atoms with E-state index in [1.165, 1.54) is 6.42 Å². The minimum Gasteiger partial charge on any atom is -0.481 e. The fourth-order valence-corrected chi connectivity index (χ4v) is 2.98. The number of aliphatic carboxylic acids is 1. The van der Waals surface area contributed by atoms with Crippen LogP contribution in [0.25, 0.3) is 0 Å². The number of rotatable bonds is 4. The van der Waals surface area contributed by atoms with Crippen molar-refractivity contribution in [2.45, 2.75) is 57.4 Å². The number of carbonyl (C=O) groups is 2. The molecule has 0 bridgehead atoms. The summed E-state index contributed by atoms with van der Waals surface area (Å²) in [6, 6.07) is 0.0298. The first-order valence-corrected chi connectivity index (χ1v) is 7.27. The third-order valence-corrected chi connectivity index (χ3v) is 4.44. The Kier molecular flexibility index (Phi) is 4.32. The van der Waals surface area contributed by atoms with E-state index >= 15 is 0 Å². The van der Waals surface area contributed by atoms with E-state index in [-0.39, 0.29) is 18.0 Å². The summed E-state index contributed by atoms with van der Waals surface area (Å²) in [5.41, 5.74) is -0.00884. The van der Waals surface area contributed by atoms with Gasteiger partial charge in [0, 0.05) is 25.0 Å². The lowest BCUT2D eigenvalue weighted by Gasteiger charge is -2.42. The monoisotopic (exact) mass is 268 g/mol. The molecule has 2 N–H and O–H groups in total. The molecule has 1 aliphatic heterocycles. The van der Waals surface area contributed by atoms with Crippen molar-refractivity contribution in [3.63, 3.8) is 0 Å². The highest BCUT2D eigenvalue weighted by atomic mass is 16.4. The number of hydrogen-bond acceptors (Lipinski definition) is 2. The Labute approximate surface area is 114 Å². The number of piperidine rings is 1. The molecular weight excluding hydrogens is 244 g/mol. The molecule has 0 radical (unpaired) electrons. The number of nitrogens with one attached hydrogen (secondary N) is 1. The number of urea groups is 1. The van der Waals surface area contributed by atoms with Gasteiger partial charge in [0.25, 0.3) is 0 Å². The van der Waals surface area contributed by atoms with Gasteiger partial charge in [-0.1, -0.05) is 0 Å². The number of likely N-dealkylation sites (tertiary alicyclic amines) is 1. The van der Waals surface area contributed by atoms with E-state index in [1.807, 2.05) is 4.90 Å². The molecule has 1 heterocycles. The predicted octanol–water partition coefficient (Wildman–Crippen LogP) is 2.22. The van der Waals surface area contributed by atoms with Gasteiger partial charge < -0.3 is 15.3 Å². The smallest absolute Gasteiger partial charge is 0.317 e. The Bertz CT molecular complexity index is 353. The molecule has 0 aromatic rings. The van der Waals surface area contributed by atoms with Crippen LogP contribution in [0.5, 0.6) is 0 Å². The molecule has 1 aliphatic carbocycles. The van der Waals surface area contributed by atoms with Crippen molar-refractivity contribution in [3.05, 3.63) is 0 Å². The van der Waals surface area contributed by atoms with E-state index in [2.05, 4.69) is 12.2 Å². The van der Waals surface area contributed by atoms with Gasteiger partial charge in [-0.25, -0.2) is 4.79 Å². The first kappa shape index (κ1) is 14.2. The molecule has 5 heteroatoms. The van der Waals surface area contributed by atoms with Gasteiger partial charge in [-0.2, -0.15) is 0 Å². The third kappa shape index (κ3) is 3.85. The number of hydrogen-bond donors (Lipinski definition) is 2. The van der Waals surface area contributed by atoms with Crippen LogP contribution >= 0.6 is 0 Å². The summed E-state index contributed by atoms with van der Waals surface area (Å²) in [7, 11) is 0. The zero-order valence-corrected chi connectivity index (χ0v) is 11.7. The van der Waals surface area contributed by atoms with E-state index < -0.39 is 5.97 Å². The van der Waals surface area contributed by atoms with Crippen LogP contribution in [0, 0.1) is 5.92 Å². The summed E-state index contributed by atoms with van der Waals surface area (Å²) in [4.78, 5) is 24.6. The van der Waals surface area contributed by atoms with Gasteiger partial charge in [0.15, 0.2) is 0 Å². The highest BCUT2D eigenvalue weighted by Gasteiger charge is 2.35. The van der Waals surface area contributed by atoms with Crippen molar-refractivity contribution in [2.24, 2.45) is 5.92 Å². The zero-order valence-electron chi connectivity index (χ0n) is 11.7. The van der Waals surface area contributed by atoms with Crippen molar-refractivity contribution in [2.75, 3.05) is 13.1 Å². The molecule has 108 valence electrons. The van der Waals surface area contributed by atoms with Crippen molar-refractivity contribution < 1.29 is 14.7 Å². The average molecular weight is 268 g/mol. The number of amides is 2. The second-order valence-corrected chi connectivity index (χ2v) is 6.23. The van der Waals surface area contributed by atoms with E-state index in [4.69, 9.17) is 5.11 Å². The number of nitrogens with zero attached hydrogens (tertiary/aromatic N) is 1. The first-order chi connectivity index (χ1) is 8.98. The minimum absolute atomic E-state index is 0.00884. The van der Waals surface area contributed by atoms with Gasteiger partial charge in [0.05, 0.1) is 0 Å². The topological polar surface area (TPSA) is 69.6 Å². The lowest BCUT2D eigenvalue weighted by Crippen LogP contribution is -2.56. The van der Waals surface area contributed by atoms with Crippen LogP contribution in [0.2, 0.25) is 0 Å². The maximum absolute atomic E-state index is 12.2. The molecule has 0 aromatic heterocycles. The number of carboxylic acids is 1. The fraction of sp³-hybridized carbons (Fsp3) is 0.857. The minimum atomic E-state index is -0.747. The highest BCUT2D eigenvalue weighted by molar-refractivity contribution is 5.75. The molecule has 1 atom stereocenters. The third-order valence-electron chi connectivity index (χ3n) is 4.44. The lowest BCUT2D eigenvalue weighted by molar-refractivity contribution is -0.137. The van der Waals surface area contributed by atoms with E-state index in [9.17, 15) is 9.59 Å². The quantitative estimate of drug-likeness (QED) is 0.821. The van der Waals surface area contributed by atoms with Crippen LogP contribution < -0.4 is 5.32 Å². The van der Waals surface area contributed by atoms with Crippen LogP contribution in [-0.4, -0.2) is 40.6 Å². The SMILES string of the molecule is CC1(NC(=O)N2CCCC(CCC(=O)O)C2)CCC1. The molecule has 19 heavy (non-hydrogen) atoms. The summed E-state index contributed by atoms with van der Waals surface area (Å²) in [6.45, 7) is 3.60. The molecule has 1 unspecified atom stereocenters. The van der Waals surface area contributed by atoms with Gasteiger partial charge in [-0.3, -0.25) is 4.79 Å². The van der Waals surface area contributed by atoms with Crippen LogP contribution in [0.15, 0.2) is 0 Å². The maximum atomic E-state index is 12.2. The van der Waals surface area contributed by atoms with Crippen molar-refractivity contribution in [3.8, 4) is 0 Å². The molecule has 2 fully saturated rings. The summed E-state index contributed by atoms with van der Waals surface area (Å²) < 4.78 is 0. The maximum Gasteiger partial charge on any atom is 0.317 e. The largest absolute Gasteiger partial charge is 0.481 e. The van der Waals surface area contributed by atoms with E-state index in [1.54, 1.807) is 0 Å².